The Hall–Kier alpha value is -2.35. The Labute approximate surface area is 150 Å². The molecule has 132 valence electrons. The number of nitrogens with zero attached hydrogens (tertiary/aromatic N) is 5. The Balaban J connectivity index is 1.28. The molecule has 8 heteroatoms. The zero-order valence-electron chi connectivity index (χ0n) is 14.5. The van der Waals surface area contributed by atoms with Crippen LogP contribution in [0, 0.1) is 13.8 Å². The quantitative estimate of drug-likeness (QED) is 0.779. The maximum absolute atomic E-state index is 12.4. The molecule has 3 aromatic heterocycles. The lowest BCUT2D eigenvalue weighted by atomic mass is 10.2. The molecular weight excluding hydrogens is 336 g/mol. The number of carbonyl (C=O) groups is 1. The van der Waals surface area contributed by atoms with Crippen molar-refractivity contribution in [2.75, 3.05) is 19.6 Å². The van der Waals surface area contributed by atoms with Crippen LogP contribution in [-0.4, -0.2) is 49.7 Å². The minimum atomic E-state index is 0.00468. The van der Waals surface area contributed by atoms with E-state index in [9.17, 15) is 4.79 Å². The zero-order valence-corrected chi connectivity index (χ0v) is 15.3. The van der Waals surface area contributed by atoms with Gasteiger partial charge in [-0.25, -0.2) is 9.78 Å². The first-order valence-corrected chi connectivity index (χ1v) is 9.45. The number of aromatic nitrogens is 4. The number of imidazole rings is 1. The van der Waals surface area contributed by atoms with Crippen LogP contribution < -0.4 is 5.32 Å². The van der Waals surface area contributed by atoms with E-state index in [0.717, 1.165) is 41.4 Å². The van der Waals surface area contributed by atoms with E-state index in [2.05, 4.69) is 33.1 Å². The molecule has 25 heavy (non-hydrogen) atoms. The van der Waals surface area contributed by atoms with Gasteiger partial charge in [0.1, 0.15) is 0 Å². The number of urea groups is 1. The van der Waals surface area contributed by atoms with Crippen LogP contribution in [0.15, 0.2) is 23.8 Å². The largest absolute Gasteiger partial charge is 0.338 e. The Morgan fingerprint density at radius 1 is 1.44 bits per heavy atom. The van der Waals surface area contributed by atoms with E-state index in [4.69, 9.17) is 0 Å². The molecule has 0 unspecified atom stereocenters. The second-order valence-electron chi connectivity index (χ2n) is 6.57. The van der Waals surface area contributed by atoms with Gasteiger partial charge in [-0.1, -0.05) is 0 Å². The standard InChI is InChI=1S/C17H22N6OS/c1-12-9-13(2)23(20-12)15-4-6-21(11-15)16(24)18-5-3-14-10-22-7-8-25-17(22)19-14/h7-10,15H,3-6,11H2,1-2H3,(H,18,24)/t15-/m1/s1. The summed E-state index contributed by atoms with van der Waals surface area (Å²) in [6.45, 7) is 6.16. The van der Waals surface area contributed by atoms with Gasteiger partial charge in [0.05, 0.1) is 17.4 Å². The number of likely N-dealkylation sites (tertiary alicyclic amines) is 1. The molecule has 1 fully saturated rings. The number of hydrogen-bond acceptors (Lipinski definition) is 4. The van der Waals surface area contributed by atoms with Gasteiger partial charge < -0.3 is 10.2 Å². The molecule has 0 aromatic carbocycles. The molecule has 1 aliphatic rings. The number of aryl methyl sites for hydroxylation is 2. The second kappa shape index (κ2) is 6.51. The zero-order chi connectivity index (χ0) is 17.4. The lowest BCUT2D eigenvalue weighted by molar-refractivity contribution is 0.207. The van der Waals surface area contributed by atoms with Gasteiger partial charge in [-0.15, -0.1) is 11.3 Å². The summed E-state index contributed by atoms with van der Waals surface area (Å²) in [6, 6.07) is 2.36. The Kier molecular flexibility index (Phi) is 4.20. The fourth-order valence-corrected chi connectivity index (χ4v) is 4.17. The predicted octanol–water partition coefficient (Wildman–Crippen LogP) is 2.41. The smallest absolute Gasteiger partial charge is 0.317 e. The van der Waals surface area contributed by atoms with Crippen LogP contribution in [0.1, 0.15) is 29.5 Å². The van der Waals surface area contributed by atoms with Crippen LogP contribution in [0.3, 0.4) is 0 Å². The van der Waals surface area contributed by atoms with Crippen molar-refractivity contribution in [3.05, 3.63) is 40.9 Å². The fraction of sp³-hybridized carbons (Fsp3) is 0.471. The average molecular weight is 358 g/mol. The number of carbonyl (C=O) groups excluding carboxylic acids is 1. The number of nitrogens with one attached hydrogen (secondary N) is 1. The van der Waals surface area contributed by atoms with E-state index in [1.54, 1.807) is 11.3 Å². The monoisotopic (exact) mass is 358 g/mol. The van der Waals surface area contributed by atoms with Crippen molar-refractivity contribution in [3.63, 3.8) is 0 Å². The third kappa shape index (κ3) is 3.26. The molecule has 4 rings (SSSR count). The van der Waals surface area contributed by atoms with Crippen LogP contribution in [0.25, 0.3) is 4.96 Å². The molecule has 1 atom stereocenters. The molecule has 0 radical (unpaired) electrons. The predicted molar refractivity (Wildman–Crippen MR) is 97.1 cm³/mol. The van der Waals surface area contributed by atoms with Crippen LogP contribution >= 0.6 is 11.3 Å². The number of fused-ring (bicyclic) bond motifs is 1. The van der Waals surface area contributed by atoms with Gasteiger partial charge >= 0.3 is 6.03 Å². The summed E-state index contributed by atoms with van der Waals surface area (Å²) in [5, 5.41) is 9.58. The minimum Gasteiger partial charge on any atom is -0.338 e. The highest BCUT2D eigenvalue weighted by Gasteiger charge is 2.28. The molecule has 1 aliphatic heterocycles. The highest BCUT2D eigenvalue weighted by Crippen LogP contribution is 2.23. The van der Waals surface area contributed by atoms with E-state index in [1.807, 2.05) is 34.0 Å². The van der Waals surface area contributed by atoms with E-state index in [0.29, 0.717) is 13.1 Å². The molecule has 0 aliphatic carbocycles. The molecule has 0 bridgehead atoms. The molecule has 0 saturated carbocycles. The molecule has 1 N–H and O–H groups in total. The third-order valence-electron chi connectivity index (χ3n) is 4.64. The first-order valence-electron chi connectivity index (χ1n) is 8.57. The van der Waals surface area contributed by atoms with Crippen molar-refractivity contribution in [2.45, 2.75) is 32.7 Å². The number of rotatable bonds is 4. The summed E-state index contributed by atoms with van der Waals surface area (Å²) in [4.78, 5) is 19.8. The van der Waals surface area contributed by atoms with Gasteiger partial charge in [0.15, 0.2) is 4.96 Å². The third-order valence-corrected chi connectivity index (χ3v) is 5.41. The van der Waals surface area contributed by atoms with Gasteiger partial charge in [0.25, 0.3) is 0 Å². The minimum absolute atomic E-state index is 0.00468. The number of amides is 2. The highest BCUT2D eigenvalue weighted by atomic mass is 32.1. The topological polar surface area (TPSA) is 67.5 Å². The summed E-state index contributed by atoms with van der Waals surface area (Å²) >= 11 is 1.62. The lowest BCUT2D eigenvalue weighted by Gasteiger charge is -2.18. The summed E-state index contributed by atoms with van der Waals surface area (Å²) in [7, 11) is 0. The van der Waals surface area contributed by atoms with E-state index >= 15 is 0 Å². The summed E-state index contributed by atoms with van der Waals surface area (Å²) in [5.74, 6) is 0. The van der Waals surface area contributed by atoms with Gasteiger partial charge in [-0.2, -0.15) is 5.10 Å². The van der Waals surface area contributed by atoms with Crippen LogP contribution in [0.4, 0.5) is 4.79 Å². The first-order chi connectivity index (χ1) is 12.1. The van der Waals surface area contributed by atoms with E-state index < -0.39 is 0 Å². The Morgan fingerprint density at radius 2 is 2.32 bits per heavy atom. The maximum Gasteiger partial charge on any atom is 0.317 e. The second-order valence-corrected chi connectivity index (χ2v) is 7.44. The molecule has 7 nitrogen and oxygen atoms in total. The van der Waals surface area contributed by atoms with E-state index in [-0.39, 0.29) is 12.1 Å². The van der Waals surface area contributed by atoms with Crippen LogP contribution in [-0.2, 0) is 6.42 Å². The normalized spacial score (nSPS) is 17.5. The molecule has 1 saturated heterocycles. The van der Waals surface area contributed by atoms with Gasteiger partial charge in [0.2, 0.25) is 0 Å². The fourth-order valence-electron chi connectivity index (χ4n) is 3.45. The lowest BCUT2D eigenvalue weighted by Crippen LogP contribution is -2.39. The molecule has 4 heterocycles. The first kappa shape index (κ1) is 16.1. The van der Waals surface area contributed by atoms with Crippen molar-refractivity contribution < 1.29 is 4.79 Å². The number of hydrogen-bond donors (Lipinski definition) is 1. The molecule has 3 aromatic rings. The Morgan fingerprint density at radius 3 is 3.08 bits per heavy atom. The van der Waals surface area contributed by atoms with Crippen LogP contribution in [0.5, 0.6) is 0 Å². The average Bonchev–Trinajstić information content (AvgIpc) is 3.30. The van der Waals surface area contributed by atoms with Gasteiger partial charge in [0, 0.05) is 49.5 Å². The van der Waals surface area contributed by atoms with Crippen molar-refractivity contribution in [1.29, 1.82) is 0 Å². The maximum atomic E-state index is 12.4. The number of thiazole rings is 1. The van der Waals surface area contributed by atoms with Crippen molar-refractivity contribution >= 4 is 22.3 Å². The molecular formula is C17H22N6OS. The van der Waals surface area contributed by atoms with Crippen molar-refractivity contribution in [1.82, 2.24) is 29.4 Å². The highest BCUT2D eigenvalue weighted by molar-refractivity contribution is 7.15. The SMILES string of the molecule is Cc1cc(C)n([C@@H]2CCN(C(=O)NCCc3cn4ccsc4n3)C2)n1. The summed E-state index contributed by atoms with van der Waals surface area (Å²) in [6.07, 6.45) is 5.71. The van der Waals surface area contributed by atoms with Crippen LogP contribution in [0.2, 0.25) is 0 Å². The molecule has 0 spiro atoms. The molecule has 2 amide bonds. The summed E-state index contributed by atoms with van der Waals surface area (Å²) < 4.78 is 4.07. The van der Waals surface area contributed by atoms with Gasteiger partial charge in [-0.3, -0.25) is 9.08 Å². The van der Waals surface area contributed by atoms with Gasteiger partial charge in [-0.05, 0) is 26.3 Å². The Bertz CT molecular complexity index is 866. The summed E-state index contributed by atoms with van der Waals surface area (Å²) in [5.41, 5.74) is 3.19. The van der Waals surface area contributed by atoms with E-state index in [1.165, 1.54) is 0 Å². The van der Waals surface area contributed by atoms with Crippen molar-refractivity contribution in [3.8, 4) is 0 Å². The van der Waals surface area contributed by atoms with Crippen molar-refractivity contribution in [2.24, 2.45) is 0 Å².